The first-order valence-electron chi connectivity index (χ1n) is 13.0. The maximum Gasteiger partial charge on any atom is 0.321 e. The largest absolute Gasteiger partial charge is 0.465 e. The second kappa shape index (κ2) is 14.7. The summed E-state index contributed by atoms with van der Waals surface area (Å²) in [6, 6.07) is 10.3. The minimum absolute atomic E-state index is 0.0233. The Bertz CT molecular complexity index is 1570. The fourth-order valence-corrected chi connectivity index (χ4v) is 7.06. The fourth-order valence-electron chi connectivity index (χ4n) is 4.12. The van der Waals surface area contributed by atoms with E-state index in [2.05, 4.69) is 0 Å². The van der Waals surface area contributed by atoms with Crippen LogP contribution in [0, 0.1) is 23.3 Å². The molecule has 0 aliphatic heterocycles. The van der Waals surface area contributed by atoms with Crippen LogP contribution in [0.4, 0.5) is 17.6 Å². The molecule has 10 nitrogen and oxygen atoms in total. The summed E-state index contributed by atoms with van der Waals surface area (Å²) in [4.78, 5) is 22.1. The molecule has 0 aliphatic rings. The van der Waals surface area contributed by atoms with Gasteiger partial charge in [0.15, 0.2) is 9.79 Å². The SMILES string of the molecule is CCOC(=O)CN(Cc1ccccc1CN(CC(=O)OCC)S(=O)(=O)c1c(F)cccc1F)S(=O)(=O)c1c(F)cccc1F. The number of esters is 2. The molecule has 0 unspecified atom stereocenters. The summed E-state index contributed by atoms with van der Waals surface area (Å²) in [7, 11) is -10.1. The van der Waals surface area contributed by atoms with Crippen molar-refractivity contribution in [3.63, 3.8) is 0 Å². The number of nitrogens with zero attached hydrogens (tertiary/aromatic N) is 2. The number of ether oxygens (including phenoxy) is 2. The number of hydrogen-bond acceptors (Lipinski definition) is 8. The van der Waals surface area contributed by atoms with E-state index >= 15 is 0 Å². The van der Waals surface area contributed by atoms with Crippen LogP contribution in [0.3, 0.4) is 0 Å². The van der Waals surface area contributed by atoms with Crippen LogP contribution in [0.15, 0.2) is 70.5 Å². The molecule has 0 saturated carbocycles. The van der Waals surface area contributed by atoms with Crippen molar-refractivity contribution >= 4 is 32.0 Å². The molecule has 0 bridgehead atoms. The smallest absolute Gasteiger partial charge is 0.321 e. The molecule has 44 heavy (non-hydrogen) atoms. The highest BCUT2D eigenvalue weighted by Crippen LogP contribution is 2.28. The lowest BCUT2D eigenvalue weighted by molar-refractivity contribution is -0.144. The van der Waals surface area contributed by atoms with Crippen molar-refractivity contribution in [2.75, 3.05) is 26.3 Å². The van der Waals surface area contributed by atoms with Crippen molar-refractivity contribution in [2.24, 2.45) is 0 Å². The molecular weight excluding hydrogens is 632 g/mol. The summed E-state index contributed by atoms with van der Waals surface area (Å²) < 4.78 is 123. The molecule has 0 saturated heterocycles. The number of carbonyl (C=O) groups excluding carboxylic acids is 2. The van der Waals surface area contributed by atoms with Gasteiger partial charge in [-0.15, -0.1) is 0 Å². The van der Waals surface area contributed by atoms with Crippen molar-refractivity contribution in [1.82, 2.24) is 8.61 Å². The minimum atomic E-state index is -5.05. The van der Waals surface area contributed by atoms with E-state index in [0.717, 1.165) is 12.1 Å². The Hall–Kier alpha value is -3.86. The van der Waals surface area contributed by atoms with Crippen LogP contribution in [-0.2, 0) is 52.2 Å². The van der Waals surface area contributed by atoms with E-state index in [-0.39, 0.29) is 24.3 Å². The van der Waals surface area contributed by atoms with Gasteiger partial charge < -0.3 is 9.47 Å². The molecule has 238 valence electrons. The summed E-state index contributed by atoms with van der Waals surface area (Å²) in [5.74, 6) is -7.80. The van der Waals surface area contributed by atoms with Crippen LogP contribution in [0.2, 0.25) is 0 Å². The molecule has 0 amide bonds. The lowest BCUT2D eigenvalue weighted by atomic mass is 10.1. The Morgan fingerprint density at radius 2 is 0.909 bits per heavy atom. The highest BCUT2D eigenvalue weighted by molar-refractivity contribution is 7.89. The molecule has 3 aromatic rings. The van der Waals surface area contributed by atoms with Gasteiger partial charge in [-0.2, -0.15) is 8.61 Å². The van der Waals surface area contributed by atoms with E-state index in [1.807, 2.05) is 0 Å². The molecule has 0 aliphatic carbocycles. The molecule has 3 rings (SSSR count). The zero-order valence-corrected chi connectivity index (χ0v) is 25.1. The van der Waals surface area contributed by atoms with Crippen molar-refractivity contribution < 1.29 is 53.5 Å². The highest BCUT2D eigenvalue weighted by Gasteiger charge is 2.35. The van der Waals surface area contributed by atoms with Gasteiger partial charge in [-0.25, -0.2) is 34.4 Å². The third-order valence-electron chi connectivity index (χ3n) is 6.07. The maximum absolute atomic E-state index is 14.6. The van der Waals surface area contributed by atoms with E-state index < -0.39 is 91.2 Å². The van der Waals surface area contributed by atoms with Crippen molar-refractivity contribution in [3.05, 3.63) is 95.1 Å². The van der Waals surface area contributed by atoms with Crippen molar-refractivity contribution in [1.29, 1.82) is 0 Å². The number of benzene rings is 3. The number of sulfonamides is 2. The third kappa shape index (κ3) is 7.99. The zero-order chi connectivity index (χ0) is 32.7. The summed E-state index contributed by atoms with van der Waals surface area (Å²) in [5, 5.41) is 0. The van der Waals surface area contributed by atoms with Crippen LogP contribution >= 0.6 is 0 Å². The van der Waals surface area contributed by atoms with E-state index in [9.17, 15) is 44.0 Å². The highest BCUT2D eigenvalue weighted by atomic mass is 32.2. The summed E-state index contributed by atoms with van der Waals surface area (Å²) in [5.41, 5.74) is 0.0466. The van der Waals surface area contributed by atoms with Gasteiger partial charge in [0.1, 0.15) is 36.4 Å². The van der Waals surface area contributed by atoms with Crippen LogP contribution in [0.1, 0.15) is 25.0 Å². The van der Waals surface area contributed by atoms with Crippen LogP contribution < -0.4 is 0 Å². The molecule has 0 spiro atoms. The van der Waals surface area contributed by atoms with Crippen LogP contribution in [0.25, 0.3) is 0 Å². The normalized spacial score (nSPS) is 12.0. The standard InChI is InChI=1S/C28H28F4N2O8S2/c1-3-41-25(35)17-33(43(37,38)27-21(29)11-7-12-22(27)30)15-19-9-5-6-10-20(19)16-34(18-26(36)42-4-2)44(39,40)28-23(31)13-8-14-24(28)32/h5-14H,3-4,15-18H2,1-2H3. The summed E-state index contributed by atoms with van der Waals surface area (Å²) in [6.45, 7) is -0.777. The molecule has 0 aromatic heterocycles. The lowest BCUT2D eigenvalue weighted by Crippen LogP contribution is -2.38. The zero-order valence-electron chi connectivity index (χ0n) is 23.5. The number of rotatable bonds is 14. The van der Waals surface area contributed by atoms with E-state index in [4.69, 9.17) is 9.47 Å². The van der Waals surface area contributed by atoms with Gasteiger partial charge in [0.05, 0.1) is 13.2 Å². The maximum atomic E-state index is 14.6. The van der Waals surface area contributed by atoms with Gasteiger partial charge in [-0.1, -0.05) is 36.4 Å². The number of hydrogen-bond donors (Lipinski definition) is 0. The van der Waals surface area contributed by atoms with Gasteiger partial charge in [-0.05, 0) is 49.2 Å². The number of halogens is 4. The molecule has 0 atom stereocenters. The average Bonchev–Trinajstić information content (AvgIpc) is 2.93. The molecule has 0 radical (unpaired) electrons. The molecule has 0 N–H and O–H groups in total. The van der Waals surface area contributed by atoms with Crippen LogP contribution in [-0.4, -0.2) is 63.7 Å². The minimum Gasteiger partial charge on any atom is -0.465 e. The Kier molecular flexibility index (Phi) is 11.6. The monoisotopic (exact) mass is 660 g/mol. The Morgan fingerprint density at radius 1 is 0.591 bits per heavy atom. The molecule has 3 aromatic carbocycles. The Morgan fingerprint density at radius 3 is 1.20 bits per heavy atom. The van der Waals surface area contributed by atoms with Gasteiger partial charge in [0, 0.05) is 13.1 Å². The lowest BCUT2D eigenvalue weighted by Gasteiger charge is -2.26. The van der Waals surface area contributed by atoms with Crippen molar-refractivity contribution in [2.45, 2.75) is 36.7 Å². The van der Waals surface area contributed by atoms with Crippen molar-refractivity contribution in [3.8, 4) is 0 Å². The first-order chi connectivity index (χ1) is 20.7. The molecular formula is C28H28F4N2O8S2. The van der Waals surface area contributed by atoms with Gasteiger partial charge >= 0.3 is 11.9 Å². The topological polar surface area (TPSA) is 127 Å². The second-order valence-electron chi connectivity index (χ2n) is 9.03. The van der Waals surface area contributed by atoms with Gasteiger partial charge in [-0.3, -0.25) is 9.59 Å². The quantitative estimate of drug-likeness (QED) is 0.189. The van der Waals surface area contributed by atoms with E-state index in [1.54, 1.807) is 0 Å². The number of carbonyl (C=O) groups is 2. The summed E-state index contributed by atoms with van der Waals surface area (Å²) >= 11 is 0. The predicted molar refractivity (Wildman–Crippen MR) is 148 cm³/mol. The van der Waals surface area contributed by atoms with E-state index in [1.165, 1.54) is 38.1 Å². The third-order valence-corrected chi connectivity index (χ3v) is 9.75. The summed E-state index contributed by atoms with van der Waals surface area (Å²) in [6.07, 6.45) is 0. The first kappa shape index (κ1) is 34.6. The average molecular weight is 661 g/mol. The van der Waals surface area contributed by atoms with Gasteiger partial charge in [0.2, 0.25) is 20.0 Å². The van der Waals surface area contributed by atoms with Gasteiger partial charge in [0.25, 0.3) is 0 Å². The fraction of sp³-hybridized carbons (Fsp3) is 0.286. The van der Waals surface area contributed by atoms with Crippen LogP contribution in [0.5, 0.6) is 0 Å². The second-order valence-corrected chi connectivity index (χ2v) is 12.8. The Labute approximate surface area is 251 Å². The predicted octanol–water partition coefficient (Wildman–Crippen LogP) is 3.75. The molecule has 0 fully saturated rings. The molecule has 16 heteroatoms. The molecule has 0 heterocycles. The Balaban J connectivity index is 2.11. The first-order valence-corrected chi connectivity index (χ1v) is 15.9. The van der Waals surface area contributed by atoms with E-state index in [0.29, 0.717) is 32.9 Å².